The Morgan fingerprint density at radius 3 is 2.81 bits per heavy atom. The molecular weight excluding hydrogens is 200 g/mol. The lowest BCUT2D eigenvalue weighted by Crippen LogP contribution is -2.30. The molecule has 88 valence electrons. The maximum atomic E-state index is 4.68. The molecule has 2 aliphatic rings. The van der Waals surface area contributed by atoms with E-state index in [1.54, 1.807) is 0 Å². The molecule has 1 aliphatic heterocycles. The fraction of sp³-hybridized carbons (Fsp3) is 0.750. The highest BCUT2D eigenvalue weighted by Gasteiger charge is 2.30. The Hall–Kier alpha value is -1.03. The highest BCUT2D eigenvalue weighted by molar-refractivity contribution is 5.37. The van der Waals surface area contributed by atoms with Crippen LogP contribution in [0.2, 0.25) is 0 Å². The number of rotatable bonds is 3. The molecule has 0 bridgehead atoms. The Morgan fingerprint density at radius 2 is 2.19 bits per heavy atom. The lowest BCUT2D eigenvalue weighted by atomic mass is 10.3. The number of anilines is 1. The van der Waals surface area contributed by atoms with Crippen LogP contribution in [-0.4, -0.2) is 35.7 Å². The molecule has 2 heterocycles. The lowest BCUT2D eigenvalue weighted by Gasteiger charge is -2.18. The van der Waals surface area contributed by atoms with Crippen molar-refractivity contribution in [3.8, 4) is 0 Å². The summed E-state index contributed by atoms with van der Waals surface area (Å²) in [6.07, 6.45) is 6.09. The summed E-state index contributed by atoms with van der Waals surface area (Å²) in [5, 5.41) is 3.36. The van der Waals surface area contributed by atoms with Crippen molar-refractivity contribution in [3.63, 3.8) is 0 Å². The Labute approximate surface area is 96.7 Å². The van der Waals surface area contributed by atoms with Gasteiger partial charge in [-0.25, -0.2) is 4.98 Å². The first-order chi connectivity index (χ1) is 7.78. The second kappa shape index (κ2) is 3.77. The van der Waals surface area contributed by atoms with Crippen molar-refractivity contribution in [2.24, 2.45) is 0 Å². The average Bonchev–Trinajstić information content (AvgIpc) is 2.88. The minimum absolute atomic E-state index is 0.629. The van der Waals surface area contributed by atoms with Gasteiger partial charge < -0.3 is 14.8 Å². The molecule has 1 aromatic heterocycles. The predicted molar refractivity (Wildman–Crippen MR) is 64.9 cm³/mol. The van der Waals surface area contributed by atoms with Gasteiger partial charge in [-0.3, -0.25) is 0 Å². The Kier molecular flexibility index (Phi) is 2.39. The quantitative estimate of drug-likeness (QED) is 0.834. The van der Waals surface area contributed by atoms with Crippen molar-refractivity contribution in [2.45, 2.75) is 38.3 Å². The molecule has 0 spiro atoms. The molecule has 1 saturated carbocycles. The number of aryl methyl sites for hydroxylation is 1. The van der Waals surface area contributed by atoms with Crippen LogP contribution in [0.5, 0.6) is 0 Å². The van der Waals surface area contributed by atoms with Crippen molar-refractivity contribution < 1.29 is 0 Å². The summed E-state index contributed by atoms with van der Waals surface area (Å²) in [6, 6.07) is 1.36. The van der Waals surface area contributed by atoms with Crippen LogP contribution >= 0.6 is 0 Å². The van der Waals surface area contributed by atoms with Gasteiger partial charge in [-0.1, -0.05) is 0 Å². The minimum atomic E-state index is 0.629. The number of nitrogens with zero attached hydrogens (tertiary/aromatic N) is 3. The summed E-state index contributed by atoms with van der Waals surface area (Å²) < 4.78 is 2.38. The van der Waals surface area contributed by atoms with Gasteiger partial charge in [-0.15, -0.1) is 0 Å². The van der Waals surface area contributed by atoms with Gasteiger partial charge in [0.25, 0.3) is 0 Å². The SMILES string of the molecule is CNC1CCN(c2nc(C)cn2C2CC2)C1. The fourth-order valence-corrected chi connectivity index (χ4v) is 2.54. The fourth-order valence-electron chi connectivity index (χ4n) is 2.54. The van der Waals surface area contributed by atoms with Crippen LogP contribution in [0.3, 0.4) is 0 Å². The lowest BCUT2D eigenvalue weighted by molar-refractivity contribution is 0.614. The molecule has 3 rings (SSSR count). The van der Waals surface area contributed by atoms with Crippen LogP contribution in [0.4, 0.5) is 5.95 Å². The zero-order valence-electron chi connectivity index (χ0n) is 10.1. The maximum absolute atomic E-state index is 4.68. The first-order valence-corrected chi connectivity index (χ1v) is 6.25. The first kappa shape index (κ1) is 10.1. The normalized spacial score (nSPS) is 25.4. The van der Waals surface area contributed by atoms with Crippen molar-refractivity contribution in [1.82, 2.24) is 14.9 Å². The van der Waals surface area contributed by atoms with Crippen LogP contribution in [0.25, 0.3) is 0 Å². The molecule has 16 heavy (non-hydrogen) atoms. The number of imidazole rings is 1. The van der Waals surface area contributed by atoms with Gasteiger partial charge in [0.1, 0.15) is 0 Å². The topological polar surface area (TPSA) is 33.1 Å². The Bertz CT molecular complexity index is 380. The van der Waals surface area contributed by atoms with E-state index in [-0.39, 0.29) is 0 Å². The molecule has 0 radical (unpaired) electrons. The summed E-state index contributed by atoms with van der Waals surface area (Å²) in [6.45, 7) is 4.32. The second-order valence-electron chi connectivity index (χ2n) is 5.04. The third-order valence-electron chi connectivity index (χ3n) is 3.65. The summed E-state index contributed by atoms with van der Waals surface area (Å²) in [4.78, 5) is 7.11. The van der Waals surface area contributed by atoms with Gasteiger partial charge >= 0.3 is 0 Å². The van der Waals surface area contributed by atoms with Crippen LogP contribution in [0.1, 0.15) is 31.0 Å². The van der Waals surface area contributed by atoms with Crippen molar-refractivity contribution in [1.29, 1.82) is 0 Å². The smallest absolute Gasteiger partial charge is 0.206 e. The molecule has 0 amide bonds. The van der Waals surface area contributed by atoms with E-state index in [1.807, 2.05) is 7.05 Å². The summed E-state index contributed by atoms with van der Waals surface area (Å²) in [7, 11) is 2.05. The number of hydrogen-bond acceptors (Lipinski definition) is 3. The second-order valence-corrected chi connectivity index (χ2v) is 5.04. The highest BCUT2D eigenvalue weighted by atomic mass is 15.3. The zero-order valence-corrected chi connectivity index (χ0v) is 10.1. The van der Waals surface area contributed by atoms with Gasteiger partial charge in [0, 0.05) is 31.4 Å². The summed E-state index contributed by atoms with van der Waals surface area (Å²) >= 11 is 0. The molecule has 1 saturated heterocycles. The van der Waals surface area contributed by atoms with E-state index >= 15 is 0 Å². The maximum Gasteiger partial charge on any atom is 0.206 e. The molecule has 1 aromatic rings. The molecule has 4 nitrogen and oxygen atoms in total. The molecule has 1 unspecified atom stereocenters. The summed E-state index contributed by atoms with van der Waals surface area (Å²) in [5.74, 6) is 1.19. The van der Waals surface area contributed by atoms with Crippen LogP contribution in [-0.2, 0) is 0 Å². The van der Waals surface area contributed by atoms with Crippen LogP contribution in [0, 0.1) is 6.92 Å². The van der Waals surface area contributed by atoms with Gasteiger partial charge in [0.15, 0.2) is 0 Å². The summed E-state index contributed by atoms with van der Waals surface area (Å²) in [5.41, 5.74) is 1.15. The first-order valence-electron chi connectivity index (χ1n) is 6.25. The Morgan fingerprint density at radius 1 is 1.38 bits per heavy atom. The Balaban J connectivity index is 1.83. The molecule has 1 atom stereocenters. The van der Waals surface area contributed by atoms with Gasteiger partial charge in [-0.2, -0.15) is 0 Å². The van der Waals surface area contributed by atoms with Crippen molar-refractivity contribution in [2.75, 3.05) is 25.0 Å². The van der Waals surface area contributed by atoms with Crippen LogP contribution < -0.4 is 10.2 Å². The van der Waals surface area contributed by atoms with E-state index in [0.29, 0.717) is 6.04 Å². The predicted octanol–water partition coefficient (Wildman–Crippen LogP) is 1.32. The zero-order chi connectivity index (χ0) is 11.1. The van der Waals surface area contributed by atoms with Crippen molar-refractivity contribution in [3.05, 3.63) is 11.9 Å². The van der Waals surface area contributed by atoms with Gasteiger partial charge in [-0.05, 0) is 33.2 Å². The van der Waals surface area contributed by atoms with Gasteiger partial charge in [0.05, 0.1) is 5.69 Å². The number of hydrogen-bond donors (Lipinski definition) is 1. The van der Waals surface area contributed by atoms with E-state index in [4.69, 9.17) is 0 Å². The monoisotopic (exact) mass is 220 g/mol. The molecular formula is C12H20N4. The largest absolute Gasteiger partial charge is 0.341 e. The molecule has 1 aliphatic carbocycles. The molecule has 4 heteroatoms. The van der Waals surface area contributed by atoms with Crippen molar-refractivity contribution >= 4 is 5.95 Å². The van der Waals surface area contributed by atoms with E-state index in [2.05, 4.69) is 32.9 Å². The third-order valence-corrected chi connectivity index (χ3v) is 3.65. The minimum Gasteiger partial charge on any atom is -0.341 e. The number of aromatic nitrogens is 2. The molecule has 1 N–H and O–H groups in total. The molecule has 0 aromatic carbocycles. The van der Waals surface area contributed by atoms with E-state index in [9.17, 15) is 0 Å². The van der Waals surface area contributed by atoms with E-state index in [0.717, 1.165) is 24.8 Å². The number of likely N-dealkylation sites (N-methyl/N-ethyl adjacent to an activating group) is 1. The van der Waals surface area contributed by atoms with Gasteiger partial charge in [0.2, 0.25) is 5.95 Å². The number of nitrogens with one attached hydrogen (secondary N) is 1. The highest BCUT2D eigenvalue weighted by Crippen LogP contribution is 2.38. The standard InChI is InChI=1S/C12H20N4/c1-9-7-16(11-3-4-11)12(14-9)15-6-5-10(8-15)13-2/h7,10-11,13H,3-6,8H2,1-2H3. The van der Waals surface area contributed by atoms with E-state index < -0.39 is 0 Å². The van der Waals surface area contributed by atoms with Crippen LogP contribution in [0.15, 0.2) is 6.20 Å². The third kappa shape index (κ3) is 1.71. The average molecular weight is 220 g/mol. The molecule has 2 fully saturated rings. The van der Waals surface area contributed by atoms with E-state index in [1.165, 1.54) is 25.2 Å².